The summed E-state index contributed by atoms with van der Waals surface area (Å²) in [6, 6.07) is 4.48. The summed E-state index contributed by atoms with van der Waals surface area (Å²) in [4.78, 5) is 18.8. The maximum atomic E-state index is 12.7. The third kappa shape index (κ3) is 3.70. The summed E-state index contributed by atoms with van der Waals surface area (Å²) in [6.07, 6.45) is 8.07. The number of rotatable bonds is 4. The Balaban J connectivity index is 0.00000147. The predicted molar refractivity (Wildman–Crippen MR) is 80.7 cm³/mol. The molecule has 0 spiro atoms. The van der Waals surface area contributed by atoms with Gasteiger partial charge in [-0.15, -0.1) is 12.4 Å². The van der Waals surface area contributed by atoms with Crippen molar-refractivity contribution in [2.45, 2.75) is 38.3 Å². The maximum Gasteiger partial charge on any atom is 0.227 e. The number of hydrogen-bond acceptors (Lipinski definition) is 3. The first-order valence-corrected chi connectivity index (χ1v) is 7.24. The summed E-state index contributed by atoms with van der Waals surface area (Å²) in [5.74, 6) is 0.516. The van der Waals surface area contributed by atoms with Gasteiger partial charge >= 0.3 is 0 Å². The van der Waals surface area contributed by atoms with Gasteiger partial charge in [-0.25, -0.2) is 0 Å². The zero-order valence-electron chi connectivity index (χ0n) is 11.6. The van der Waals surface area contributed by atoms with Gasteiger partial charge < -0.3 is 10.2 Å². The number of carbonyl (C=O) groups is 1. The topological polar surface area (TPSA) is 45.2 Å². The normalized spacial score (nSPS) is 21.9. The summed E-state index contributed by atoms with van der Waals surface area (Å²) in [5.41, 5.74) is 1.18. The van der Waals surface area contributed by atoms with E-state index in [0.717, 1.165) is 45.3 Å². The number of nitrogens with one attached hydrogen (secondary N) is 1. The van der Waals surface area contributed by atoms with E-state index in [9.17, 15) is 4.79 Å². The second-order valence-electron chi connectivity index (χ2n) is 5.60. The van der Waals surface area contributed by atoms with E-state index in [-0.39, 0.29) is 18.3 Å². The number of carbonyl (C=O) groups excluding carboxylic acids is 1. The van der Waals surface area contributed by atoms with Crippen molar-refractivity contribution in [1.29, 1.82) is 0 Å². The number of amides is 1. The van der Waals surface area contributed by atoms with E-state index in [1.807, 2.05) is 12.1 Å². The lowest BCUT2D eigenvalue weighted by atomic mass is 9.97. The highest BCUT2D eigenvalue weighted by Gasteiger charge is 2.36. The van der Waals surface area contributed by atoms with E-state index in [1.165, 1.54) is 5.56 Å². The van der Waals surface area contributed by atoms with Crippen molar-refractivity contribution in [3.05, 3.63) is 30.1 Å². The van der Waals surface area contributed by atoms with Crippen molar-refractivity contribution in [2.75, 3.05) is 13.1 Å². The smallest absolute Gasteiger partial charge is 0.227 e. The minimum Gasteiger partial charge on any atom is -0.335 e. The molecule has 1 atom stereocenters. The van der Waals surface area contributed by atoms with Gasteiger partial charge in [0.15, 0.2) is 0 Å². The molecule has 20 heavy (non-hydrogen) atoms. The number of pyridine rings is 1. The van der Waals surface area contributed by atoms with E-state index in [4.69, 9.17) is 0 Å². The van der Waals surface area contributed by atoms with Crippen LogP contribution in [0.3, 0.4) is 0 Å². The molecule has 1 aliphatic heterocycles. The fourth-order valence-corrected chi connectivity index (χ4v) is 2.76. The van der Waals surface area contributed by atoms with Crippen LogP contribution in [0.25, 0.3) is 0 Å². The van der Waals surface area contributed by atoms with E-state index in [2.05, 4.69) is 15.2 Å². The highest BCUT2D eigenvalue weighted by Crippen LogP contribution is 2.30. The van der Waals surface area contributed by atoms with Gasteiger partial charge in [-0.2, -0.15) is 0 Å². The van der Waals surface area contributed by atoms with Crippen LogP contribution in [0, 0.1) is 5.92 Å². The second-order valence-corrected chi connectivity index (χ2v) is 5.60. The summed E-state index contributed by atoms with van der Waals surface area (Å²) in [7, 11) is 0. The molecule has 1 aliphatic carbocycles. The number of nitrogens with zero attached hydrogens (tertiary/aromatic N) is 2. The molecule has 1 aromatic heterocycles. The van der Waals surface area contributed by atoms with Crippen LogP contribution in [0.4, 0.5) is 0 Å². The Kier molecular flexibility index (Phi) is 5.38. The molecular formula is C15H22ClN3O. The zero-order chi connectivity index (χ0) is 13.1. The predicted octanol–water partition coefficient (Wildman–Crippen LogP) is 1.99. The molecule has 1 amide bonds. The van der Waals surface area contributed by atoms with Gasteiger partial charge in [0, 0.05) is 31.5 Å². The first-order valence-electron chi connectivity index (χ1n) is 7.24. The third-order valence-corrected chi connectivity index (χ3v) is 4.02. The van der Waals surface area contributed by atoms with Gasteiger partial charge in [0.2, 0.25) is 5.91 Å². The van der Waals surface area contributed by atoms with E-state index >= 15 is 0 Å². The lowest BCUT2D eigenvalue weighted by Crippen LogP contribution is -2.43. The lowest BCUT2D eigenvalue weighted by molar-refractivity contribution is -0.137. The van der Waals surface area contributed by atoms with Gasteiger partial charge in [0.05, 0.1) is 5.92 Å². The average molecular weight is 296 g/mol. The molecule has 5 heteroatoms. The molecule has 1 saturated carbocycles. The molecule has 2 fully saturated rings. The van der Waals surface area contributed by atoms with Gasteiger partial charge in [0.25, 0.3) is 0 Å². The Morgan fingerprint density at radius 2 is 2.05 bits per heavy atom. The highest BCUT2D eigenvalue weighted by molar-refractivity contribution is 5.85. The molecular weight excluding hydrogens is 274 g/mol. The monoisotopic (exact) mass is 295 g/mol. The van der Waals surface area contributed by atoms with Crippen LogP contribution in [0.2, 0.25) is 0 Å². The van der Waals surface area contributed by atoms with Crippen LogP contribution in [0.1, 0.15) is 31.2 Å². The van der Waals surface area contributed by atoms with E-state index in [0.29, 0.717) is 11.9 Å². The standard InChI is InChI=1S/C15H21N3O.ClH/c19-15(13-2-1-7-17-10-13)18(14-3-4-14)11-12-5-8-16-9-6-12;/h5-6,8-9,13-14,17H,1-4,7,10-11H2;1H. The molecule has 2 aliphatic rings. The molecule has 1 N–H and O–H groups in total. The first-order chi connectivity index (χ1) is 9.34. The van der Waals surface area contributed by atoms with Crippen LogP contribution in [-0.2, 0) is 11.3 Å². The minimum atomic E-state index is 0. The molecule has 0 radical (unpaired) electrons. The Labute approximate surface area is 126 Å². The SMILES string of the molecule is Cl.O=C(C1CCCNC1)N(Cc1ccncc1)C1CC1. The molecule has 1 saturated heterocycles. The molecule has 4 nitrogen and oxygen atoms in total. The van der Waals surface area contributed by atoms with Crippen LogP contribution in [-0.4, -0.2) is 34.9 Å². The summed E-state index contributed by atoms with van der Waals surface area (Å²) < 4.78 is 0. The molecule has 110 valence electrons. The minimum absolute atomic E-state index is 0. The number of aromatic nitrogens is 1. The maximum absolute atomic E-state index is 12.7. The molecule has 0 bridgehead atoms. The van der Waals surface area contributed by atoms with Crippen LogP contribution < -0.4 is 5.32 Å². The molecule has 1 aromatic rings. The van der Waals surface area contributed by atoms with E-state index < -0.39 is 0 Å². The van der Waals surface area contributed by atoms with Crippen molar-refractivity contribution in [2.24, 2.45) is 5.92 Å². The number of halogens is 1. The van der Waals surface area contributed by atoms with Gasteiger partial charge in [0.1, 0.15) is 0 Å². The zero-order valence-corrected chi connectivity index (χ0v) is 12.4. The largest absolute Gasteiger partial charge is 0.335 e. The van der Waals surface area contributed by atoms with Crippen LogP contribution in [0.15, 0.2) is 24.5 Å². The molecule has 1 unspecified atom stereocenters. The third-order valence-electron chi connectivity index (χ3n) is 4.02. The van der Waals surface area contributed by atoms with Crippen molar-refractivity contribution >= 4 is 18.3 Å². The molecule has 3 rings (SSSR count). The quantitative estimate of drug-likeness (QED) is 0.924. The van der Waals surface area contributed by atoms with Crippen molar-refractivity contribution in [3.8, 4) is 0 Å². The van der Waals surface area contributed by atoms with Crippen molar-refractivity contribution in [3.63, 3.8) is 0 Å². The number of hydrogen-bond donors (Lipinski definition) is 1. The Morgan fingerprint density at radius 1 is 1.30 bits per heavy atom. The fraction of sp³-hybridized carbons (Fsp3) is 0.600. The van der Waals surface area contributed by atoms with Crippen LogP contribution in [0.5, 0.6) is 0 Å². The summed E-state index contributed by atoms with van der Waals surface area (Å²) >= 11 is 0. The highest BCUT2D eigenvalue weighted by atomic mass is 35.5. The lowest BCUT2D eigenvalue weighted by Gasteiger charge is -2.30. The summed E-state index contributed by atoms with van der Waals surface area (Å²) in [6.45, 7) is 2.64. The average Bonchev–Trinajstić information content (AvgIpc) is 3.31. The second kappa shape index (κ2) is 7.04. The first kappa shape index (κ1) is 15.3. The van der Waals surface area contributed by atoms with Crippen molar-refractivity contribution in [1.82, 2.24) is 15.2 Å². The number of piperidine rings is 1. The van der Waals surface area contributed by atoms with Crippen LogP contribution >= 0.6 is 12.4 Å². The van der Waals surface area contributed by atoms with Crippen molar-refractivity contribution < 1.29 is 4.79 Å². The fourth-order valence-electron chi connectivity index (χ4n) is 2.76. The molecule has 0 aromatic carbocycles. The Hall–Kier alpha value is -1.13. The van der Waals surface area contributed by atoms with Gasteiger partial charge in [-0.3, -0.25) is 9.78 Å². The Bertz CT molecular complexity index is 430. The Morgan fingerprint density at radius 3 is 2.65 bits per heavy atom. The molecule has 2 heterocycles. The summed E-state index contributed by atoms with van der Waals surface area (Å²) in [5, 5.41) is 3.34. The van der Waals surface area contributed by atoms with Gasteiger partial charge in [-0.05, 0) is 49.9 Å². The van der Waals surface area contributed by atoms with Gasteiger partial charge in [-0.1, -0.05) is 0 Å². The van der Waals surface area contributed by atoms with E-state index in [1.54, 1.807) is 12.4 Å².